The Kier molecular flexibility index (Phi) is 6.29. The summed E-state index contributed by atoms with van der Waals surface area (Å²) in [5.74, 6) is 0.188. The maximum absolute atomic E-state index is 13.5. The van der Waals surface area contributed by atoms with Crippen molar-refractivity contribution in [1.29, 1.82) is 0 Å². The van der Waals surface area contributed by atoms with Gasteiger partial charge >= 0.3 is 0 Å². The van der Waals surface area contributed by atoms with Crippen LogP contribution in [0.5, 0.6) is 0 Å². The first kappa shape index (κ1) is 23.4. The molecule has 1 saturated heterocycles. The van der Waals surface area contributed by atoms with E-state index in [4.69, 9.17) is 10.7 Å². The van der Waals surface area contributed by atoms with Crippen LogP contribution in [0, 0.1) is 6.92 Å². The van der Waals surface area contributed by atoms with E-state index in [9.17, 15) is 9.59 Å². The number of pyridine rings is 2. The molecular weight excluding hydrogens is 450 g/mol. The first-order chi connectivity index (χ1) is 17.4. The number of piperidine rings is 1. The molecule has 36 heavy (non-hydrogen) atoms. The van der Waals surface area contributed by atoms with Gasteiger partial charge in [0, 0.05) is 60.9 Å². The largest absolute Gasteiger partial charge is 0.383 e. The van der Waals surface area contributed by atoms with Crippen molar-refractivity contribution in [3.63, 3.8) is 0 Å². The van der Waals surface area contributed by atoms with Gasteiger partial charge in [-0.2, -0.15) is 0 Å². The fraction of sp³-hybridized carbons (Fsp3) is 0.207. The van der Waals surface area contributed by atoms with Crippen LogP contribution in [-0.4, -0.2) is 38.9 Å². The zero-order chi connectivity index (χ0) is 25.2. The predicted molar refractivity (Wildman–Crippen MR) is 142 cm³/mol. The molecule has 0 radical (unpaired) electrons. The van der Waals surface area contributed by atoms with Gasteiger partial charge in [0.25, 0.3) is 5.91 Å². The minimum Gasteiger partial charge on any atom is -0.383 e. The fourth-order valence-corrected chi connectivity index (χ4v) is 4.94. The first-order valence-corrected chi connectivity index (χ1v) is 12.0. The number of nitrogen functional groups attached to an aromatic ring is 1. The highest BCUT2D eigenvalue weighted by atomic mass is 16.2. The van der Waals surface area contributed by atoms with Crippen LogP contribution in [0.4, 0.5) is 5.82 Å². The lowest BCUT2D eigenvalue weighted by Crippen LogP contribution is -2.41. The van der Waals surface area contributed by atoms with Crippen LogP contribution in [0.25, 0.3) is 21.9 Å². The van der Waals surface area contributed by atoms with Crippen LogP contribution >= 0.6 is 0 Å². The van der Waals surface area contributed by atoms with E-state index in [-0.39, 0.29) is 17.9 Å². The van der Waals surface area contributed by atoms with Gasteiger partial charge in [-0.15, -0.1) is 0 Å². The second-order valence-corrected chi connectivity index (χ2v) is 9.06. The van der Waals surface area contributed by atoms with Crippen molar-refractivity contribution in [3.05, 3.63) is 89.9 Å². The smallest absolute Gasteiger partial charge is 0.254 e. The summed E-state index contributed by atoms with van der Waals surface area (Å²) < 4.78 is 0. The number of fused-ring (bicyclic) bond motifs is 1. The van der Waals surface area contributed by atoms with Crippen molar-refractivity contribution in [2.45, 2.75) is 32.7 Å². The van der Waals surface area contributed by atoms with Crippen molar-refractivity contribution in [3.8, 4) is 11.1 Å². The SMILES string of the molecule is CC(=O)N=C1CCN(C(=O)c2ccccc2)C(c2cc3cccc(-c4c(C)ccnc4N)c3cn2)C1. The average molecular weight is 478 g/mol. The van der Waals surface area contributed by atoms with E-state index in [1.807, 2.05) is 78.7 Å². The number of nitrogens with two attached hydrogens (primary N) is 1. The van der Waals surface area contributed by atoms with Crippen molar-refractivity contribution < 1.29 is 9.59 Å². The molecular formula is C29H27N5O2. The van der Waals surface area contributed by atoms with E-state index < -0.39 is 0 Å². The third-order valence-corrected chi connectivity index (χ3v) is 6.63. The highest BCUT2D eigenvalue weighted by Gasteiger charge is 2.32. The summed E-state index contributed by atoms with van der Waals surface area (Å²) >= 11 is 0. The Bertz CT molecular complexity index is 1480. The molecule has 180 valence electrons. The molecule has 0 spiro atoms. The van der Waals surface area contributed by atoms with Crippen LogP contribution in [0.15, 0.2) is 78.0 Å². The number of rotatable bonds is 3. The minimum atomic E-state index is -0.331. The molecule has 0 saturated carbocycles. The molecule has 1 atom stereocenters. The number of likely N-dealkylation sites (tertiary alicyclic amines) is 1. The van der Waals surface area contributed by atoms with Crippen molar-refractivity contribution in [2.75, 3.05) is 12.3 Å². The summed E-state index contributed by atoms with van der Waals surface area (Å²) in [6.45, 7) is 3.93. The van der Waals surface area contributed by atoms with Gasteiger partial charge in [0.1, 0.15) is 5.82 Å². The number of hydrogen-bond donors (Lipinski definition) is 1. The summed E-state index contributed by atoms with van der Waals surface area (Å²) in [6, 6.07) is 18.9. The van der Waals surface area contributed by atoms with E-state index in [1.165, 1.54) is 6.92 Å². The van der Waals surface area contributed by atoms with Crippen molar-refractivity contribution >= 4 is 34.1 Å². The quantitative estimate of drug-likeness (QED) is 0.440. The van der Waals surface area contributed by atoms with Crippen LogP contribution in [0.2, 0.25) is 0 Å². The minimum absolute atomic E-state index is 0.0584. The third kappa shape index (κ3) is 4.47. The maximum atomic E-state index is 13.5. The number of aromatic nitrogens is 2. The molecule has 2 aromatic heterocycles. The Morgan fingerprint density at radius 1 is 1.06 bits per heavy atom. The van der Waals surface area contributed by atoms with Gasteiger partial charge < -0.3 is 10.6 Å². The third-order valence-electron chi connectivity index (χ3n) is 6.63. The van der Waals surface area contributed by atoms with Gasteiger partial charge in [0.15, 0.2) is 0 Å². The van der Waals surface area contributed by atoms with Gasteiger partial charge in [0.05, 0.1) is 11.7 Å². The first-order valence-electron chi connectivity index (χ1n) is 12.0. The molecule has 0 aliphatic carbocycles. The maximum Gasteiger partial charge on any atom is 0.254 e. The van der Waals surface area contributed by atoms with E-state index in [0.29, 0.717) is 30.8 Å². The van der Waals surface area contributed by atoms with E-state index in [1.54, 1.807) is 6.20 Å². The fourth-order valence-electron chi connectivity index (χ4n) is 4.94. The normalized spacial score (nSPS) is 16.9. The zero-order valence-electron chi connectivity index (χ0n) is 20.3. The van der Waals surface area contributed by atoms with E-state index in [2.05, 4.69) is 9.98 Å². The lowest BCUT2D eigenvalue weighted by molar-refractivity contribution is -0.115. The second-order valence-electron chi connectivity index (χ2n) is 9.06. The Morgan fingerprint density at radius 3 is 2.61 bits per heavy atom. The molecule has 1 aliphatic rings. The number of carbonyl (C=O) groups is 2. The number of aliphatic imine (C=N–C) groups is 1. The van der Waals surface area contributed by atoms with Gasteiger partial charge in [-0.3, -0.25) is 14.6 Å². The summed E-state index contributed by atoms with van der Waals surface area (Å²) in [6.07, 6.45) is 4.57. The van der Waals surface area contributed by atoms with Crippen LogP contribution < -0.4 is 5.73 Å². The molecule has 7 nitrogen and oxygen atoms in total. The number of amides is 2. The van der Waals surface area contributed by atoms with Crippen LogP contribution in [0.1, 0.15) is 47.4 Å². The lowest BCUT2D eigenvalue weighted by Gasteiger charge is -2.36. The molecule has 1 fully saturated rings. The molecule has 2 N–H and O–H groups in total. The Balaban J connectivity index is 1.59. The number of hydrogen-bond acceptors (Lipinski definition) is 5. The summed E-state index contributed by atoms with van der Waals surface area (Å²) in [5.41, 5.74) is 11.3. The monoisotopic (exact) mass is 477 g/mol. The van der Waals surface area contributed by atoms with Gasteiger partial charge in [-0.25, -0.2) is 9.98 Å². The van der Waals surface area contributed by atoms with E-state index >= 15 is 0 Å². The average Bonchev–Trinajstić information content (AvgIpc) is 2.88. The van der Waals surface area contributed by atoms with Crippen LogP contribution in [0.3, 0.4) is 0 Å². The molecule has 0 bridgehead atoms. The lowest BCUT2D eigenvalue weighted by atomic mass is 9.93. The van der Waals surface area contributed by atoms with Crippen molar-refractivity contribution in [1.82, 2.24) is 14.9 Å². The summed E-state index contributed by atoms with van der Waals surface area (Å²) in [5, 5.41) is 1.95. The van der Waals surface area contributed by atoms with Gasteiger partial charge in [-0.05, 0) is 47.7 Å². The number of nitrogens with zero attached hydrogens (tertiary/aromatic N) is 4. The van der Waals surface area contributed by atoms with Gasteiger partial charge in [0.2, 0.25) is 5.91 Å². The molecule has 1 aliphatic heterocycles. The molecule has 7 heteroatoms. The number of carbonyl (C=O) groups excluding carboxylic acids is 2. The predicted octanol–water partition coefficient (Wildman–Crippen LogP) is 5.15. The van der Waals surface area contributed by atoms with E-state index in [0.717, 1.165) is 38.9 Å². The highest BCUT2D eigenvalue weighted by Crippen LogP contribution is 2.36. The summed E-state index contributed by atoms with van der Waals surface area (Å²) in [7, 11) is 0. The van der Waals surface area contributed by atoms with Crippen LogP contribution in [-0.2, 0) is 4.79 Å². The van der Waals surface area contributed by atoms with Crippen molar-refractivity contribution in [2.24, 2.45) is 4.99 Å². The van der Waals surface area contributed by atoms with Gasteiger partial charge in [-0.1, -0.05) is 36.4 Å². The molecule has 4 aromatic rings. The molecule has 1 unspecified atom stereocenters. The number of anilines is 1. The Morgan fingerprint density at radius 2 is 1.86 bits per heavy atom. The number of benzene rings is 2. The highest BCUT2D eigenvalue weighted by molar-refractivity contribution is 6.01. The zero-order valence-corrected chi connectivity index (χ0v) is 20.3. The number of aryl methyl sites for hydroxylation is 1. The Labute approximate surface area is 209 Å². The molecule has 5 rings (SSSR count). The molecule has 3 heterocycles. The summed E-state index contributed by atoms with van der Waals surface area (Å²) in [4.78, 5) is 40.3. The molecule has 2 amide bonds. The standard InChI is InChI=1S/C29H27N5O2/c1-18-11-13-31-28(30)27(18)23-10-6-9-21-15-25(32-17-24(21)23)26-16-22(33-19(2)35)12-14-34(26)29(36)20-7-4-3-5-8-20/h3-11,13,15,17,26H,12,14,16H2,1-2H3,(H2,30,31). The topological polar surface area (TPSA) is 102 Å². The Hall–Kier alpha value is -4.39. The second kappa shape index (κ2) is 9.70. The molecule has 2 aromatic carbocycles.